The molecule has 0 atom stereocenters. The first-order valence-corrected chi connectivity index (χ1v) is 8.73. The molecule has 2 aromatic carbocycles. The Labute approximate surface area is 151 Å². The molecule has 0 amide bonds. The van der Waals surface area contributed by atoms with E-state index in [9.17, 15) is 0 Å². The Hall–Kier alpha value is -3.27. The van der Waals surface area contributed by atoms with E-state index in [0.717, 1.165) is 29.1 Å². The number of fused-ring (bicyclic) bond motifs is 5. The first-order valence-electron chi connectivity index (χ1n) is 8.73. The van der Waals surface area contributed by atoms with Crippen molar-refractivity contribution in [3.63, 3.8) is 0 Å². The van der Waals surface area contributed by atoms with E-state index in [4.69, 9.17) is 9.72 Å². The molecule has 0 unspecified atom stereocenters. The third kappa shape index (κ3) is 2.19. The van der Waals surface area contributed by atoms with Gasteiger partial charge in [-0.15, -0.1) is 0 Å². The number of methoxy groups -OCH3 is 1. The zero-order valence-electron chi connectivity index (χ0n) is 14.8. The summed E-state index contributed by atoms with van der Waals surface area (Å²) in [5, 5.41) is 1.19. The predicted molar refractivity (Wildman–Crippen MR) is 105 cm³/mol. The highest BCUT2D eigenvalue weighted by molar-refractivity contribution is 6.06. The highest BCUT2D eigenvalue weighted by Crippen LogP contribution is 2.30. The number of hydrogen-bond acceptors (Lipinski definition) is 2. The number of benzene rings is 2. The van der Waals surface area contributed by atoms with E-state index in [1.54, 1.807) is 7.11 Å². The lowest BCUT2D eigenvalue weighted by atomic mass is 10.2. The van der Waals surface area contributed by atoms with Gasteiger partial charge in [0.1, 0.15) is 22.6 Å². The summed E-state index contributed by atoms with van der Waals surface area (Å²) in [6.07, 6.45) is 2.11. The lowest BCUT2D eigenvalue weighted by Crippen LogP contribution is -2.02. The first kappa shape index (κ1) is 15.0. The minimum atomic E-state index is 0.787. The molecule has 0 bridgehead atoms. The van der Waals surface area contributed by atoms with Crippen molar-refractivity contribution in [2.24, 2.45) is 0 Å². The number of aromatic nitrogens is 3. The van der Waals surface area contributed by atoms with Crippen molar-refractivity contribution < 1.29 is 4.74 Å². The van der Waals surface area contributed by atoms with E-state index in [1.807, 2.05) is 12.1 Å². The molecule has 0 saturated heterocycles. The molecule has 128 valence electrons. The Morgan fingerprint density at radius 2 is 1.81 bits per heavy atom. The number of nitrogens with zero attached hydrogens (tertiary/aromatic N) is 3. The quantitative estimate of drug-likeness (QED) is 0.472. The van der Waals surface area contributed by atoms with Gasteiger partial charge in [-0.05, 0) is 48.4 Å². The molecule has 5 aromatic rings. The second kappa shape index (κ2) is 5.63. The molecule has 3 aromatic heterocycles. The van der Waals surface area contributed by atoms with Crippen molar-refractivity contribution in [2.45, 2.75) is 13.5 Å². The van der Waals surface area contributed by atoms with E-state index >= 15 is 0 Å². The highest BCUT2D eigenvalue weighted by Gasteiger charge is 2.16. The van der Waals surface area contributed by atoms with Gasteiger partial charge in [0.15, 0.2) is 0 Å². The van der Waals surface area contributed by atoms with Crippen LogP contribution in [0.4, 0.5) is 0 Å². The SMILES string of the molecule is COc1ccc(Cn2c3ccccc3c3nc4cc(C)ccn4c32)cc1. The smallest absolute Gasteiger partial charge is 0.146 e. The van der Waals surface area contributed by atoms with Crippen LogP contribution >= 0.6 is 0 Å². The number of pyridine rings is 1. The molecule has 0 spiro atoms. The first-order chi connectivity index (χ1) is 12.7. The van der Waals surface area contributed by atoms with Crippen LogP contribution in [0.2, 0.25) is 0 Å². The summed E-state index contributed by atoms with van der Waals surface area (Å²) in [5.41, 5.74) is 6.84. The third-order valence-electron chi connectivity index (χ3n) is 4.96. The van der Waals surface area contributed by atoms with Gasteiger partial charge in [0.05, 0.1) is 12.6 Å². The van der Waals surface area contributed by atoms with Gasteiger partial charge in [0.2, 0.25) is 0 Å². The highest BCUT2D eigenvalue weighted by atomic mass is 16.5. The molecule has 0 N–H and O–H groups in total. The average molecular weight is 341 g/mol. The molecule has 0 aliphatic heterocycles. The van der Waals surface area contributed by atoms with Crippen LogP contribution in [-0.4, -0.2) is 21.1 Å². The molecule has 0 fully saturated rings. The van der Waals surface area contributed by atoms with Gasteiger partial charge in [-0.2, -0.15) is 0 Å². The van der Waals surface area contributed by atoms with Gasteiger partial charge in [0, 0.05) is 18.1 Å². The number of aryl methyl sites for hydroxylation is 1. The maximum absolute atomic E-state index is 5.28. The fourth-order valence-electron chi connectivity index (χ4n) is 3.67. The molecule has 0 saturated carbocycles. The van der Waals surface area contributed by atoms with Crippen LogP contribution in [-0.2, 0) is 6.54 Å². The summed E-state index contributed by atoms with van der Waals surface area (Å²) in [4.78, 5) is 4.92. The topological polar surface area (TPSA) is 31.5 Å². The molecular formula is C22H19N3O. The predicted octanol–water partition coefficient (Wildman–Crippen LogP) is 4.81. The van der Waals surface area contributed by atoms with Crippen molar-refractivity contribution in [3.05, 3.63) is 78.0 Å². The number of rotatable bonds is 3. The van der Waals surface area contributed by atoms with E-state index < -0.39 is 0 Å². The average Bonchev–Trinajstić information content (AvgIpc) is 3.18. The molecule has 5 rings (SSSR count). The van der Waals surface area contributed by atoms with Gasteiger partial charge in [0.25, 0.3) is 0 Å². The summed E-state index contributed by atoms with van der Waals surface area (Å²) >= 11 is 0. The van der Waals surface area contributed by atoms with Crippen LogP contribution < -0.4 is 4.74 Å². The van der Waals surface area contributed by atoms with Crippen molar-refractivity contribution in [3.8, 4) is 5.75 Å². The maximum atomic E-state index is 5.28. The Balaban J connectivity index is 1.78. The maximum Gasteiger partial charge on any atom is 0.146 e. The molecule has 0 aliphatic carbocycles. The Kier molecular flexibility index (Phi) is 3.25. The van der Waals surface area contributed by atoms with Gasteiger partial charge in [-0.1, -0.05) is 30.3 Å². The van der Waals surface area contributed by atoms with Crippen LogP contribution in [0.25, 0.3) is 27.7 Å². The van der Waals surface area contributed by atoms with E-state index in [-0.39, 0.29) is 0 Å². The zero-order chi connectivity index (χ0) is 17.7. The Morgan fingerprint density at radius 1 is 1.00 bits per heavy atom. The Morgan fingerprint density at radius 3 is 2.62 bits per heavy atom. The van der Waals surface area contributed by atoms with Gasteiger partial charge in [-0.3, -0.25) is 4.40 Å². The van der Waals surface area contributed by atoms with Crippen LogP contribution in [0, 0.1) is 6.92 Å². The van der Waals surface area contributed by atoms with Crippen molar-refractivity contribution >= 4 is 27.7 Å². The van der Waals surface area contributed by atoms with Gasteiger partial charge in [-0.25, -0.2) is 4.98 Å². The molecule has 4 nitrogen and oxygen atoms in total. The molecule has 0 radical (unpaired) electrons. The zero-order valence-corrected chi connectivity index (χ0v) is 14.8. The second-order valence-electron chi connectivity index (χ2n) is 6.67. The largest absolute Gasteiger partial charge is 0.497 e. The third-order valence-corrected chi connectivity index (χ3v) is 4.96. The van der Waals surface area contributed by atoms with Crippen LogP contribution in [0.1, 0.15) is 11.1 Å². The van der Waals surface area contributed by atoms with Crippen LogP contribution in [0.15, 0.2) is 66.9 Å². The minimum absolute atomic E-state index is 0.787. The van der Waals surface area contributed by atoms with Crippen LogP contribution in [0.3, 0.4) is 0 Å². The lowest BCUT2D eigenvalue weighted by Gasteiger charge is -2.09. The van der Waals surface area contributed by atoms with E-state index in [0.29, 0.717) is 0 Å². The molecule has 3 heterocycles. The normalized spacial score (nSPS) is 11.6. The number of ether oxygens (including phenoxy) is 1. The number of para-hydroxylation sites is 1. The lowest BCUT2D eigenvalue weighted by molar-refractivity contribution is 0.414. The summed E-state index contributed by atoms with van der Waals surface area (Å²) in [5.74, 6) is 0.876. The Bertz CT molecular complexity index is 1250. The van der Waals surface area contributed by atoms with E-state index in [1.165, 1.54) is 22.0 Å². The molecule has 0 aliphatic rings. The molecule has 4 heteroatoms. The summed E-state index contributed by atoms with van der Waals surface area (Å²) < 4.78 is 9.82. The van der Waals surface area contributed by atoms with Gasteiger partial charge >= 0.3 is 0 Å². The fourth-order valence-corrected chi connectivity index (χ4v) is 3.67. The number of hydrogen-bond donors (Lipinski definition) is 0. The van der Waals surface area contributed by atoms with Crippen LogP contribution in [0.5, 0.6) is 5.75 Å². The van der Waals surface area contributed by atoms with Crippen molar-refractivity contribution in [1.29, 1.82) is 0 Å². The van der Waals surface area contributed by atoms with E-state index in [2.05, 4.69) is 70.6 Å². The summed E-state index contributed by atoms with van der Waals surface area (Å²) in [7, 11) is 1.69. The summed E-state index contributed by atoms with van der Waals surface area (Å²) in [6, 6.07) is 21.0. The molecular weight excluding hydrogens is 322 g/mol. The molecule has 26 heavy (non-hydrogen) atoms. The second-order valence-corrected chi connectivity index (χ2v) is 6.67. The number of imidazole rings is 1. The van der Waals surface area contributed by atoms with Gasteiger partial charge < -0.3 is 9.30 Å². The monoisotopic (exact) mass is 341 g/mol. The van der Waals surface area contributed by atoms with Crippen molar-refractivity contribution in [2.75, 3.05) is 7.11 Å². The minimum Gasteiger partial charge on any atom is -0.497 e. The summed E-state index contributed by atoms with van der Waals surface area (Å²) in [6.45, 7) is 2.89. The standard InChI is InChI=1S/C22H19N3O/c1-15-11-12-24-20(13-15)23-21-18-5-3-4-6-19(18)25(22(21)24)14-16-7-9-17(26-2)10-8-16/h3-13H,14H2,1-2H3. The fraction of sp³-hybridized carbons (Fsp3) is 0.136. The van der Waals surface area contributed by atoms with Crippen molar-refractivity contribution in [1.82, 2.24) is 14.0 Å².